The summed E-state index contributed by atoms with van der Waals surface area (Å²) in [5.41, 5.74) is 6.97. The monoisotopic (exact) mass is 254 g/mol. The molecule has 3 N–H and O–H groups in total. The number of ether oxygens (including phenoxy) is 1. The highest BCUT2D eigenvalue weighted by Crippen LogP contribution is 2.30. The summed E-state index contributed by atoms with van der Waals surface area (Å²) in [5.74, 6) is 1.61. The van der Waals surface area contributed by atoms with Crippen LogP contribution in [0.1, 0.15) is 39.5 Å². The number of rotatable bonds is 8. The van der Waals surface area contributed by atoms with Gasteiger partial charge in [-0.3, -0.25) is 0 Å². The molecule has 0 radical (unpaired) electrons. The van der Waals surface area contributed by atoms with Crippen LogP contribution in [-0.2, 0) is 4.74 Å². The average Bonchev–Trinajstić information content (AvgIpc) is 2.33. The maximum Gasteiger partial charge on any atom is 0.0672 e. The zero-order valence-electron chi connectivity index (χ0n) is 12.1. The van der Waals surface area contributed by atoms with Gasteiger partial charge in [0, 0.05) is 19.1 Å². The van der Waals surface area contributed by atoms with E-state index in [0.29, 0.717) is 12.6 Å². The van der Waals surface area contributed by atoms with Crippen LogP contribution in [0.15, 0.2) is 12.2 Å². The van der Waals surface area contributed by atoms with Gasteiger partial charge in [-0.1, -0.05) is 31.9 Å². The second kappa shape index (κ2) is 8.68. The van der Waals surface area contributed by atoms with Gasteiger partial charge in [-0.15, -0.1) is 0 Å². The second-order valence-electron chi connectivity index (χ2n) is 5.84. The Morgan fingerprint density at radius 2 is 2.28 bits per heavy atom. The van der Waals surface area contributed by atoms with Crippen molar-refractivity contribution in [2.24, 2.45) is 17.6 Å². The quantitative estimate of drug-likeness (QED) is 0.516. The maximum absolute atomic E-state index is 5.89. The van der Waals surface area contributed by atoms with Crippen molar-refractivity contribution < 1.29 is 4.74 Å². The SMILES string of the molecule is C=C(C)COCCNC(CN)C1CCCC(C)C1. The number of nitrogens with one attached hydrogen (secondary N) is 1. The molecular formula is C15H30N2O. The molecule has 0 aromatic carbocycles. The van der Waals surface area contributed by atoms with Crippen LogP contribution in [0, 0.1) is 11.8 Å². The predicted octanol–water partition coefficient (Wildman–Crippen LogP) is 2.32. The second-order valence-corrected chi connectivity index (χ2v) is 5.84. The molecule has 0 bridgehead atoms. The van der Waals surface area contributed by atoms with E-state index in [9.17, 15) is 0 Å². The first-order valence-electron chi connectivity index (χ1n) is 7.29. The van der Waals surface area contributed by atoms with Crippen molar-refractivity contribution >= 4 is 0 Å². The summed E-state index contributed by atoms with van der Waals surface area (Å²) in [6, 6.07) is 0.459. The molecule has 0 aliphatic heterocycles. The maximum atomic E-state index is 5.89. The van der Waals surface area contributed by atoms with E-state index < -0.39 is 0 Å². The molecule has 3 heteroatoms. The first kappa shape index (κ1) is 15.7. The van der Waals surface area contributed by atoms with Gasteiger partial charge in [-0.2, -0.15) is 0 Å². The highest BCUT2D eigenvalue weighted by Gasteiger charge is 2.25. The van der Waals surface area contributed by atoms with Crippen LogP contribution in [0.25, 0.3) is 0 Å². The van der Waals surface area contributed by atoms with Crippen molar-refractivity contribution in [2.45, 2.75) is 45.6 Å². The predicted molar refractivity (Wildman–Crippen MR) is 77.6 cm³/mol. The van der Waals surface area contributed by atoms with Crippen molar-refractivity contribution in [1.82, 2.24) is 5.32 Å². The number of hydrogen-bond acceptors (Lipinski definition) is 3. The Balaban J connectivity index is 2.18. The Morgan fingerprint density at radius 3 is 2.89 bits per heavy atom. The van der Waals surface area contributed by atoms with Gasteiger partial charge in [-0.25, -0.2) is 0 Å². The lowest BCUT2D eigenvalue weighted by Crippen LogP contribution is -2.45. The average molecular weight is 254 g/mol. The zero-order valence-corrected chi connectivity index (χ0v) is 12.1. The molecule has 1 aliphatic rings. The summed E-state index contributed by atoms with van der Waals surface area (Å²) in [6.07, 6.45) is 5.39. The third-order valence-electron chi connectivity index (χ3n) is 3.80. The van der Waals surface area contributed by atoms with Gasteiger partial charge in [0.25, 0.3) is 0 Å². The normalized spacial score (nSPS) is 25.9. The summed E-state index contributed by atoms with van der Waals surface area (Å²) in [6.45, 7) is 11.2. The molecule has 0 spiro atoms. The first-order chi connectivity index (χ1) is 8.63. The molecule has 1 saturated carbocycles. The molecule has 3 unspecified atom stereocenters. The lowest BCUT2D eigenvalue weighted by molar-refractivity contribution is 0.147. The topological polar surface area (TPSA) is 47.3 Å². The zero-order chi connectivity index (χ0) is 13.4. The molecule has 1 rings (SSSR count). The fourth-order valence-electron chi connectivity index (χ4n) is 2.85. The van der Waals surface area contributed by atoms with Crippen LogP contribution in [0.4, 0.5) is 0 Å². The molecule has 0 aromatic heterocycles. The molecular weight excluding hydrogens is 224 g/mol. The summed E-state index contributed by atoms with van der Waals surface area (Å²) in [5, 5.41) is 3.55. The highest BCUT2D eigenvalue weighted by atomic mass is 16.5. The molecule has 3 atom stereocenters. The highest BCUT2D eigenvalue weighted by molar-refractivity contribution is 4.87. The van der Waals surface area contributed by atoms with Crippen LogP contribution < -0.4 is 11.1 Å². The van der Waals surface area contributed by atoms with E-state index in [-0.39, 0.29) is 0 Å². The van der Waals surface area contributed by atoms with Crippen molar-refractivity contribution in [3.05, 3.63) is 12.2 Å². The molecule has 0 amide bonds. The molecule has 106 valence electrons. The first-order valence-corrected chi connectivity index (χ1v) is 7.29. The van der Waals surface area contributed by atoms with E-state index in [1.807, 2.05) is 6.92 Å². The Kier molecular flexibility index (Phi) is 7.56. The Morgan fingerprint density at radius 1 is 1.50 bits per heavy atom. The Bertz CT molecular complexity index is 243. The van der Waals surface area contributed by atoms with Crippen LogP contribution in [0.3, 0.4) is 0 Å². The minimum absolute atomic E-state index is 0.459. The van der Waals surface area contributed by atoms with Gasteiger partial charge in [0.15, 0.2) is 0 Å². The largest absolute Gasteiger partial charge is 0.376 e. The Labute approximate surface area is 112 Å². The van der Waals surface area contributed by atoms with E-state index in [2.05, 4.69) is 18.8 Å². The van der Waals surface area contributed by atoms with Crippen LogP contribution in [0.2, 0.25) is 0 Å². The molecule has 0 aromatic rings. The third kappa shape index (κ3) is 5.98. The van der Waals surface area contributed by atoms with E-state index in [4.69, 9.17) is 10.5 Å². The van der Waals surface area contributed by atoms with Crippen LogP contribution >= 0.6 is 0 Å². The van der Waals surface area contributed by atoms with Gasteiger partial charge in [0.1, 0.15) is 0 Å². The third-order valence-corrected chi connectivity index (χ3v) is 3.80. The summed E-state index contributed by atoms with van der Waals surface area (Å²) >= 11 is 0. The van der Waals surface area contributed by atoms with Gasteiger partial charge < -0.3 is 15.8 Å². The summed E-state index contributed by atoms with van der Waals surface area (Å²) in [7, 11) is 0. The van der Waals surface area contributed by atoms with Crippen molar-refractivity contribution in [2.75, 3.05) is 26.3 Å². The Hall–Kier alpha value is -0.380. The van der Waals surface area contributed by atoms with Gasteiger partial charge in [0.05, 0.1) is 13.2 Å². The number of nitrogens with two attached hydrogens (primary N) is 1. The van der Waals surface area contributed by atoms with E-state index in [1.54, 1.807) is 0 Å². The summed E-state index contributed by atoms with van der Waals surface area (Å²) < 4.78 is 5.50. The minimum Gasteiger partial charge on any atom is -0.376 e. The smallest absolute Gasteiger partial charge is 0.0672 e. The molecule has 18 heavy (non-hydrogen) atoms. The summed E-state index contributed by atoms with van der Waals surface area (Å²) in [4.78, 5) is 0. The van der Waals surface area contributed by atoms with Gasteiger partial charge >= 0.3 is 0 Å². The van der Waals surface area contributed by atoms with Crippen molar-refractivity contribution in [3.63, 3.8) is 0 Å². The fraction of sp³-hybridized carbons (Fsp3) is 0.867. The molecule has 1 fully saturated rings. The van der Waals surface area contributed by atoms with Crippen LogP contribution in [0.5, 0.6) is 0 Å². The lowest BCUT2D eigenvalue weighted by atomic mass is 9.78. The molecule has 0 heterocycles. The van der Waals surface area contributed by atoms with Gasteiger partial charge in [0.2, 0.25) is 0 Å². The van der Waals surface area contributed by atoms with Crippen molar-refractivity contribution in [1.29, 1.82) is 0 Å². The molecule has 1 aliphatic carbocycles. The minimum atomic E-state index is 0.459. The number of hydrogen-bond donors (Lipinski definition) is 2. The van der Waals surface area contributed by atoms with E-state index >= 15 is 0 Å². The lowest BCUT2D eigenvalue weighted by Gasteiger charge is -2.33. The van der Waals surface area contributed by atoms with Crippen LogP contribution in [-0.4, -0.2) is 32.3 Å². The van der Waals surface area contributed by atoms with E-state index in [0.717, 1.165) is 37.1 Å². The standard InChI is InChI=1S/C15H30N2O/c1-12(2)11-18-8-7-17-15(10-16)14-6-4-5-13(3)9-14/h13-15,17H,1,4-11,16H2,2-3H3. The fourth-order valence-corrected chi connectivity index (χ4v) is 2.85. The molecule has 0 saturated heterocycles. The van der Waals surface area contributed by atoms with Gasteiger partial charge in [-0.05, 0) is 31.6 Å². The van der Waals surface area contributed by atoms with Crippen molar-refractivity contribution in [3.8, 4) is 0 Å². The van der Waals surface area contributed by atoms with E-state index in [1.165, 1.54) is 25.7 Å². The molecule has 3 nitrogen and oxygen atoms in total.